The number of nitrogens with one attached hydrogen (secondary N) is 1. The van der Waals surface area contributed by atoms with Crippen molar-refractivity contribution >= 4 is 33.8 Å². The average Bonchev–Trinajstić information content (AvgIpc) is 2.78. The summed E-state index contributed by atoms with van der Waals surface area (Å²) in [5.74, 6) is -0.683. The predicted octanol–water partition coefficient (Wildman–Crippen LogP) is 1.85. The van der Waals surface area contributed by atoms with Gasteiger partial charge in [-0.15, -0.1) is 0 Å². The quantitative estimate of drug-likeness (QED) is 0.752. The molecule has 26 heavy (non-hydrogen) atoms. The summed E-state index contributed by atoms with van der Waals surface area (Å²) in [6.45, 7) is 6.08. The smallest absolute Gasteiger partial charge is 0.325 e. The van der Waals surface area contributed by atoms with Gasteiger partial charge in [-0.2, -0.15) is 0 Å². The second-order valence-corrected chi connectivity index (χ2v) is 7.93. The van der Waals surface area contributed by atoms with Gasteiger partial charge in [0.15, 0.2) is 0 Å². The van der Waals surface area contributed by atoms with Gasteiger partial charge in [0, 0.05) is 17.6 Å². The maximum atomic E-state index is 12.9. The van der Waals surface area contributed by atoms with Gasteiger partial charge >= 0.3 is 6.03 Å². The fraction of sp³-hybridized carbons (Fsp3) is 0.500. The largest absolute Gasteiger partial charge is 0.372 e. The van der Waals surface area contributed by atoms with E-state index in [0.29, 0.717) is 18.7 Å². The van der Waals surface area contributed by atoms with E-state index >= 15 is 0 Å². The zero-order chi connectivity index (χ0) is 19.1. The Balaban J connectivity index is 1.76. The van der Waals surface area contributed by atoms with E-state index in [4.69, 9.17) is 4.74 Å². The van der Waals surface area contributed by atoms with Crippen LogP contribution in [0.4, 0.5) is 4.79 Å². The van der Waals surface area contributed by atoms with Gasteiger partial charge in [-0.3, -0.25) is 14.5 Å². The summed E-state index contributed by atoms with van der Waals surface area (Å²) < 4.78 is 6.43. The lowest BCUT2D eigenvalue weighted by Gasteiger charge is -2.35. The molecular weight excluding hydrogens is 402 g/mol. The van der Waals surface area contributed by atoms with E-state index in [-0.39, 0.29) is 24.7 Å². The van der Waals surface area contributed by atoms with E-state index in [1.165, 1.54) is 0 Å². The Bertz CT molecular complexity index is 746. The van der Waals surface area contributed by atoms with Crippen LogP contribution in [0.5, 0.6) is 0 Å². The number of rotatable bonds is 3. The number of hydrogen-bond acceptors (Lipinski definition) is 4. The maximum absolute atomic E-state index is 12.9. The van der Waals surface area contributed by atoms with E-state index in [9.17, 15) is 14.4 Å². The summed E-state index contributed by atoms with van der Waals surface area (Å²) >= 11 is 3.38. The molecule has 4 amide bonds. The van der Waals surface area contributed by atoms with Crippen molar-refractivity contribution in [3.63, 3.8) is 0 Å². The summed E-state index contributed by atoms with van der Waals surface area (Å²) in [6, 6.07) is 6.65. The lowest BCUT2D eigenvalue weighted by atomic mass is 9.92. The Morgan fingerprint density at radius 2 is 1.96 bits per heavy atom. The molecule has 0 bridgehead atoms. The van der Waals surface area contributed by atoms with Crippen molar-refractivity contribution in [2.24, 2.45) is 0 Å². The number of nitrogens with zero attached hydrogens (tertiary/aromatic N) is 2. The molecule has 2 saturated heterocycles. The summed E-state index contributed by atoms with van der Waals surface area (Å²) in [7, 11) is 0. The number of benzene rings is 1. The summed E-state index contributed by atoms with van der Waals surface area (Å²) in [5.41, 5.74) is -0.527. The molecule has 0 unspecified atom stereocenters. The standard InChI is InChI=1S/C18H22BrN3O4/c1-11-8-21(9-12(2)26-11)15(23)10-22-16(24)18(3,20-17(22)25)13-5-4-6-14(19)7-13/h4-7,11-12H,8-10H2,1-3H3,(H,20,25)/t11-,12-,18-/m1/s1. The van der Waals surface area contributed by atoms with E-state index < -0.39 is 17.5 Å². The molecule has 2 aliphatic heterocycles. The van der Waals surface area contributed by atoms with E-state index in [1.54, 1.807) is 30.0 Å². The third-order valence-corrected chi connectivity index (χ3v) is 5.24. The summed E-state index contributed by atoms with van der Waals surface area (Å²) in [6.07, 6.45) is -0.143. The number of halogens is 1. The summed E-state index contributed by atoms with van der Waals surface area (Å²) in [5, 5.41) is 2.72. The molecule has 2 heterocycles. The minimum absolute atomic E-state index is 0.0715. The molecule has 0 radical (unpaired) electrons. The van der Waals surface area contributed by atoms with Crippen molar-refractivity contribution in [2.45, 2.75) is 38.5 Å². The van der Waals surface area contributed by atoms with Crippen molar-refractivity contribution < 1.29 is 19.1 Å². The molecule has 8 heteroatoms. The first-order chi connectivity index (χ1) is 12.2. The molecule has 3 rings (SSSR count). The van der Waals surface area contributed by atoms with Crippen LogP contribution in [0.2, 0.25) is 0 Å². The highest BCUT2D eigenvalue weighted by molar-refractivity contribution is 9.10. The number of urea groups is 1. The van der Waals surface area contributed by atoms with Crippen molar-refractivity contribution in [2.75, 3.05) is 19.6 Å². The summed E-state index contributed by atoms with van der Waals surface area (Å²) in [4.78, 5) is 40.6. The first-order valence-electron chi connectivity index (χ1n) is 8.54. The minimum atomic E-state index is -1.19. The Morgan fingerprint density at radius 1 is 1.31 bits per heavy atom. The van der Waals surface area contributed by atoms with Crippen molar-refractivity contribution in [3.05, 3.63) is 34.3 Å². The molecule has 0 saturated carbocycles. The van der Waals surface area contributed by atoms with Gasteiger partial charge in [-0.05, 0) is 38.5 Å². The van der Waals surface area contributed by atoms with Gasteiger partial charge in [0.25, 0.3) is 5.91 Å². The number of morpholine rings is 1. The highest BCUT2D eigenvalue weighted by Gasteiger charge is 2.49. The Kier molecular flexibility index (Phi) is 5.07. The lowest BCUT2D eigenvalue weighted by molar-refractivity contribution is -0.146. The van der Waals surface area contributed by atoms with Crippen LogP contribution in [0, 0.1) is 0 Å². The van der Waals surface area contributed by atoms with Crippen LogP contribution in [0.25, 0.3) is 0 Å². The maximum Gasteiger partial charge on any atom is 0.325 e. The minimum Gasteiger partial charge on any atom is -0.372 e. The van der Waals surface area contributed by atoms with Gasteiger partial charge in [-0.25, -0.2) is 4.79 Å². The van der Waals surface area contributed by atoms with Crippen LogP contribution in [-0.4, -0.2) is 59.5 Å². The van der Waals surface area contributed by atoms with Gasteiger partial charge < -0.3 is 15.0 Å². The van der Waals surface area contributed by atoms with Gasteiger partial charge in [0.05, 0.1) is 12.2 Å². The molecule has 1 aromatic rings. The molecule has 2 fully saturated rings. The van der Waals surface area contributed by atoms with Crippen LogP contribution in [0.3, 0.4) is 0 Å². The van der Waals surface area contributed by atoms with Crippen LogP contribution in [0.15, 0.2) is 28.7 Å². The molecule has 1 N–H and O–H groups in total. The van der Waals surface area contributed by atoms with E-state index in [1.807, 2.05) is 19.9 Å². The molecule has 3 atom stereocenters. The Morgan fingerprint density at radius 3 is 2.58 bits per heavy atom. The molecule has 0 aromatic heterocycles. The average molecular weight is 424 g/mol. The molecule has 0 aliphatic carbocycles. The Labute approximate surface area is 160 Å². The van der Waals surface area contributed by atoms with Crippen molar-refractivity contribution in [3.8, 4) is 0 Å². The third kappa shape index (κ3) is 3.48. The topological polar surface area (TPSA) is 79.0 Å². The van der Waals surface area contributed by atoms with Crippen molar-refractivity contribution in [1.29, 1.82) is 0 Å². The number of carbonyl (C=O) groups excluding carboxylic acids is 3. The predicted molar refractivity (Wildman–Crippen MR) is 98.3 cm³/mol. The third-order valence-electron chi connectivity index (χ3n) is 4.74. The van der Waals surface area contributed by atoms with E-state index in [0.717, 1.165) is 9.37 Å². The number of carbonyl (C=O) groups is 3. The number of imide groups is 1. The van der Waals surface area contributed by atoms with Crippen LogP contribution >= 0.6 is 15.9 Å². The number of amides is 4. The van der Waals surface area contributed by atoms with Gasteiger partial charge in [-0.1, -0.05) is 28.1 Å². The molecule has 7 nitrogen and oxygen atoms in total. The number of hydrogen-bond donors (Lipinski definition) is 1. The molecule has 2 aliphatic rings. The second-order valence-electron chi connectivity index (χ2n) is 7.01. The lowest BCUT2D eigenvalue weighted by Crippen LogP contribution is -2.52. The first kappa shape index (κ1) is 18.8. The molecule has 140 valence electrons. The SMILES string of the molecule is C[C@@H]1CN(C(=O)CN2C(=O)N[C@](C)(c3cccc(Br)c3)C2=O)C[C@@H](C)O1. The van der Waals surface area contributed by atoms with Gasteiger partial charge in [0.2, 0.25) is 5.91 Å². The zero-order valence-electron chi connectivity index (χ0n) is 15.0. The van der Waals surface area contributed by atoms with Crippen LogP contribution < -0.4 is 5.32 Å². The van der Waals surface area contributed by atoms with E-state index in [2.05, 4.69) is 21.2 Å². The van der Waals surface area contributed by atoms with Crippen molar-refractivity contribution in [1.82, 2.24) is 15.1 Å². The molecule has 0 spiro atoms. The monoisotopic (exact) mass is 423 g/mol. The Hall–Kier alpha value is -1.93. The second kappa shape index (κ2) is 7.00. The molecule has 1 aromatic carbocycles. The zero-order valence-corrected chi connectivity index (χ0v) is 16.6. The van der Waals surface area contributed by atoms with Gasteiger partial charge in [0.1, 0.15) is 12.1 Å². The molecular formula is C18H22BrN3O4. The normalized spacial score (nSPS) is 29.1. The van der Waals surface area contributed by atoms with Crippen LogP contribution in [-0.2, 0) is 19.9 Å². The first-order valence-corrected chi connectivity index (χ1v) is 9.33. The number of ether oxygens (including phenoxy) is 1. The highest BCUT2D eigenvalue weighted by atomic mass is 79.9. The fourth-order valence-corrected chi connectivity index (χ4v) is 3.85. The fourth-order valence-electron chi connectivity index (χ4n) is 3.45. The van der Waals surface area contributed by atoms with Crippen LogP contribution in [0.1, 0.15) is 26.3 Å². The highest BCUT2D eigenvalue weighted by Crippen LogP contribution is 2.30.